The Morgan fingerprint density at radius 3 is 3.00 bits per heavy atom. The van der Waals surface area contributed by atoms with Gasteiger partial charge in [0.2, 0.25) is 0 Å². The van der Waals surface area contributed by atoms with Crippen LogP contribution in [0.1, 0.15) is 11.4 Å². The van der Waals surface area contributed by atoms with Crippen molar-refractivity contribution in [1.29, 1.82) is 0 Å². The molecule has 108 valence electrons. The SMILES string of the molecule is Cc1cc(Br)cnc1NCCc1nc2ccc(F)cc2[nH]1. The minimum atomic E-state index is -0.259. The highest BCUT2D eigenvalue weighted by Crippen LogP contribution is 2.17. The monoisotopic (exact) mass is 348 g/mol. The summed E-state index contributed by atoms with van der Waals surface area (Å²) < 4.78 is 14.1. The number of imidazole rings is 1. The topological polar surface area (TPSA) is 53.6 Å². The molecule has 0 aliphatic rings. The first-order valence-electron chi connectivity index (χ1n) is 6.62. The quantitative estimate of drug-likeness (QED) is 0.753. The lowest BCUT2D eigenvalue weighted by atomic mass is 10.3. The summed E-state index contributed by atoms with van der Waals surface area (Å²) in [4.78, 5) is 11.9. The summed E-state index contributed by atoms with van der Waals surface area (Å²) in [5.41, 5.74) is 2.59. The van der Waals surface area contributed by atoms with E-state index in [0.29, 0.717) is 13.0 Å². The fourth-order valence-corrected chi connectivity index (χ4v) is 2.62. The molecule has 3 rings (SSSR count). The van der Waals surface area contributed by atoms with E-state index in [1.165, 1.54) is 12.1 Å². The number of halogens is 2. The highest BCUT2D eigenvalue weighted by atomic mass is 79.9. The van der Waals surface area contributed by atoms with Crippen LogP contribution in [0.4, 0.5) is 10.2 Å². The molecule has 0 atom stereocenters. The van der Waals surface area contributed by atoms with Crippen LogP contribution in [0, 0.1) is 12.7 Å². The molecule has 4 nitrogen and oxygen atoms in total. The second-order valence-electron chi connectivity index (χ2n) is 4.84. The zero-order valence-corrected chi connectivity index (χ0v) is 13.0. The Labute approximate surface area is 129 Å². The molecule has 6 heteroatoms. The van der Waals surface area contributed by atoms with Crippen molar-refractivity contribution in [2.24, 2.45) is 0 Å². The number of aromatic amines is 1. The molecule has 2 aromatic heterocycles. The zero-order valence-electron chi connectivity index (χ0n) is 11.5. The number of hydrogen-bond acceptors (Lipinski definition) is 3. The van der Waals surface area contributed by atoms with Crippen molar-refractivity contribution in [3.05, 3.63) is 52.1 Å². The molecule has 0 spiro atoms. The Balaban J connectivity index is 1.66. The first kappa shape index (κ1) is 14.0. The van der Waals surface area contributed by atoms with E-state index in [1.54, 1.807) is 12.3 Å². The van der Waals surface area contributed by atoms with Crippen LogP contribution >= 0.6 is 15.9 Å². The van der Waals surface area contributed by atoms with Crippen LogP contribution in [0.25, 0.3) is 11.0 Å². The molecule has 0 unspecified atom stereocenters. The minimum absolute atomic E-state index is 0.259. The maximum Gasteiger partial charge on any atom is 0.128 e. The molecule has 2 heterocycles. The average molecular weight is 349 g/mol. The van der Waals surface area contributed by atoms with E-state index in [4.69, 9.17) is 0 Å². The molecule has 3 aromatic rings. The molecular formula is C15H14BrFN4. The molecule has 0 aliphatic carbocycles. The predicted molar refractivity (Wildman–Crippen MR) is 84.9 cm³/mol. The van der Waals surface area contributed by atoms with Gasteiger partial charge in [-0.1, -0.05) is 0 Å². The number of pyridine rings is 1. The van der Waals surface area contributed by atoms with Crippen molar-refractivity contribution >= 4 is 32.8 Å². The van der Waals surface area contributed by atoms with E-state index < -0.39 is 0 Å². The summed E-state index contributed by atoms with van der Waals surface area (Å²) in [5.74, 6) is 1.43. The lowest BCUT2D eigenvalue weighted by Gasteiger charge is -2.07. The van der Waals surface area contributed by atoms with Crippen molar-refractivity contribution < 1.29 is 4.39 Å². The number of nitrogens with one attached hydrogen (secondary N) is 2. The largest absolute Gasteiger partial charge is 0.369 e. The van der Waals surface area contributed by atoms with E-state index >= 15 is 0 Å². The Morgan fingerprint density at radius 1 is 1.33 bits per heavy atom. The van der Waals surface area contributed by atoms with Crippen molar-refractivity contribution in [1.82, 2.24) is 15.0 Å². The summed E-state index contributed by atoms with van der Waals surface area (Å²) in [6.45, 7) is 2.71. The number of aryl methyl sites for hydroxylation is 1. The first-order valence-corrected chi connectivity index (χ1v) is 7.41. The molecule has 0 bridgehead atoms. The van der Waals surface area contributed by atoms with Crippen molar-refractivity contribution in [2.45, 2.75) is 13.3 Å². The Hall–Kier alpha value is -1.95. The molecule has 0 fully saturated rings. The highest BCUT2D eigenvalue weighted by molar-refractivity contribution is 9.10. The van der Waals surface area contributed by atoms with Crippen LogP contribution < -0.4 is 5.32 Å². The number of benzene rings is 1. The molecule has 0 saturated heterocycles. The number of aromatic nitrogens is 3. The van der Waals surface area contributed by atoms with Crippen molar-refractivity contribution in [3.8, 4) is 0 Å². The van der Waals surface area contributed by atoms with Crippen LogP contribution in [0.15, 0.2) is 34.9 Å². The normalized spacial score (nSPS) is 11.0. The van der Waals surface area contributed by atoms with E-state index in [-0.39, 0.29) is 5.82 Å². The fraction of sp³-hybridized carbons (Fsp3) is 0.200. The molecule has 0 aliphatic heterocycles. The van der Waals surface area contributed by atoms with Gasteiger partial charge in [-0.3, -0.25) is 0 Å². The van der Waals surface area contributed by atoms with Crippen LogP contribution in [0.2, 0.25) is 0 Å². The number of H-pyrrole nitrogens is 1. The van der Waals surface area contributed by atoms with Gasteiger partial charge < -0.3 is 10.3 Å². The minimum Gasteiger partial charge on any atom is -0.369 e. The molecule has 0 radical (unpaired) electrons. The van der Waals surface area contributed by atoms with E-state index in [1.807, 2.05) is 13.0 Å². The van der Waals surface area contributed by atoms with E-state index in [0.717, 1.165) is 32.7 Å². The van der Waals surface area contributed by atoms with Gasteiger partial charge in [-0.2, -0.15) is 0 Å². The van der Waals surface area contributed by atoms with Gasteiger partial charge in [-0.15, -0.1) is 0 Å². The predicted octanol–water partition coefficient (Wildman–Crippen LogP) is 3.82. The van der Waals surface area contributed by atoms with Gasteiger partial charge in [0.1, 0.15) is 17.5 Å². The first-order chi connectivity index (χ1) is 10.1. The number of hydrogen-bond donors (Lipinski definition) is 2. The maximum atomic E-state index is 13.1. The van der Waals surface area contributed by atoms with Crippen LogP contribution in [-0.4, -0.2) is 21.5 Å². The van der Waals surface area contributed by atoms with Gasteiger partial charge in [0, 0.05) is 23.6 Å². The summed E-state index contributed by atoms with van der Waals surface area (Å²) in [7, 11) is 0. The summed E-state index contributed by atoms with van der Waals surface area (Å²) in [6, 6.07) is 6.57. The summed E-state index contributed by atoms with van der Waals surface area (Å²) >= 11 is 3.39. The molecule has 0 amide bonds. The number of anilines is 1. The van der Waals surface area contributed by atoms with E-state index in [2.05, 4.69) is 36.2 Å². The Morgan fingerprint density at radius 2 is 2.19 bits per heavy atom. The Kier molecular flexibility index (Phi) is 3.88. The highest BCUT2D eigenvalue weighted by Gasteiger charge is 2.05. The van der Waals surface area contributed by atoms with Crippen LogP contribution in [0.3, 0.4) is 0 Å². The molecule has 1 aromatic carbocycles. The van der Waals surface area contributed by atoms with Gasteiger partial charge in [-0.25, -0.2) is 14.4 Å². The summed E-state index contributed by atoms with van der Waals surface area (Å²) in [6.07, 6.45) is 2.48. The third-order valence-corrected chi connectivity index (χ3v) is 3.63. The number of fused-ring (bicyclic) bond motifs is 1. The van der Waals surface area contributed by atoms with Gasteiger partial charge in [-0.05, 0) is 52.7 Å². The molecule has 21 heavy (non-hydrogen) atoms. The zero-order chi connectivity index (χ0) is 14.8. The number of nitrogens with zero attached hydrogens (tertiary/aromatic N) is 2. The van der Waals surface area contributed by atoms with Crippen molar-refractivity contribution in [2.75, 3.05) is 11.9 Å². The standard InChI is InChI=1S/C15H14BrFN4/c1-9-6-10(16)8-19-15(9)18-5-4-14-20-12-3-2-11(17)7-13(12)21-14/h2-3,6-8H,4-5H2,1H3,(H,18,19)(H,20,21). The van der Waals surface area contributed by atoms with Crippen molar-refractivity contribution in [3.63, 3.8) is 0 Å². The third-order valence-electron chi connectivity index (χ3n) is 3.19. The lowest BCUT2D eigenvalue weighted by molar-refractivity contribution is 0.629. The Bertz CT molecular complexity index is 784. The second-order valence-corrected chi connectivity index (χ2v) is 5.76. The molecule has 0 saturated carbocycles. The van der Waals surface area contributed by atoms with Crippen LogP contribution in [-0.2, 0) is 6.42 Å². The van der Waals surface area contributed by atoms with Crippen LogP contribution in [0.5, 0.6) is 0 Å². The van der Waals surface area contributed by atoms with Gasteiger partial charge in [0.25, 0.3) is 0 Å². The second kappa shape index (κ2) is 5.81. The van der Waals surface area contributed by atoms with Gasteiger partial charge in [0.05, 0.1) is 11.0 Å². The van der Waals surface area contributed by atoms with Gasteiger partial charge >= 0.3 is 0 Å². The smallest absolute Gasteiger partial charge is 0.128 e. The molecular weight excluding hydrogens is 335 g/mol. The van der Waals surface area contributed by atoms with E-state index in [9.17, 15) is 4.39 Å². The lowest BCUT2D eigenvalue weighted by Crippen LogP contribution is -2.08. The fourth-order valence-electron chi connectivity index (χ4n) is 2.18. The molecule has 2 N–H and O–H groups in total. The number of rotatable bonds is 4. The summed E-state index contributed by atoms with van der Waals surface area (Å²) in [5, 5.41) is 3.28. The average Bonchev–Trinajstić information content (AvgIpc) is 2.83. The van der Waals surface area contributed by atoms with Gasteiger partial charge in [0.15, 0.2) is 0 Å². The third kappa shape index (κ3) is 3.21. The maximum absolute atomic E-state index is 13.1.